The topological polar surface area (TPSA) is 87.1 Å². The van der Waals surface area contributed by atoms with Gasteiger partial charge in [-0.1, -0.05) is 47.5 Å². The summed E-state index contributed by atoms with van der Waals surface area (Å²) in [5.41, 5.74) is 0.143. The molecule has 0 unspecified atom stereocenters. The van der Waals surface area contributed by atoms with Crippen LogP contribution in [0.5, 0.6) is 0 Å². The largest absolute Gasteiger partial charge is 0.434 e. The molecule has 5 rings (SSSR count). The molecule has 0 aliphatic heterocycles. The first kappa shape index (κ1) is 24.6. The molecule has 0 spiro atoms. The van der Waals surface area contributed by atoms with Crippen molar-refractivity contribution in [3.05, 3.63) is 126 Å². The van der Waals surface area contributed by atoms with Crippen LogP contribution < -0.4 is 11.2 Å². The smallest absolute Gasteiger partial charge is 0.344 e. The predicted octanol–water partition coefficient (Wildman–Crippen LogP) is 5.87. The third kappa shape index (κ3) is 4.59. The van der Waals surface area contributed by atoms with E-state index < -0.39 is 23.0 Å². The third-order valence-corrected chi connectivity index (χ3v) is 6.41. The van der Waals surface area contributed by atoms with Crippen molar-refractivity contribution in [2.24, 2.45) is 0 Å². The highest BCUT2D eigenvalue weighted by atomic mass is 79.9. The first-order valence-corrected chi connectivity index (χ1v) is 12.1. The highest BCUT2D eigenvalue weighted by Crippen LogP contribution is 2.33. The zero-order valence-corrected chi connectivity index (χ0v) is 21.5. The van der Waals surface area contributed by atoms with Crippen LogP contribution in [0.25, 0.3) is 28.6 Å². The molecular weight excluding hydrogens is 565 g/mol. The summed E-state index contributed by atoms with van der Waals surface area (Å²) in [5, 5.41) is -0.0920. The maximum Gasteiger partial charge on any atom is 0.344 e. The van der Waals surface area contributed by atoms with Crippen LogP contribution in [0.3, 0.4) is 0 Å². The molecule has 0 amide bonds. The predicted molar refractivity (Wildman–Crippen MR) is 141 cm³/mol. The Kier molecular flexibility index (Phi) is 6.49. The first-order chi connectivity index (χ1) is 17.7. The normalized spacial score (nSPS) is 11.0. The van der Waals surface area contributed by atoms with Crippen LogP contribution in [0.15, 0.2) is 97.5 Å². The number of benzene rings is 3. The fraction of sp³-hybridized carbons (Fsp3) is 0.0370. The molecule has 0 bridgehead atoms. The third-order valence-electron chi connectivity index (χ3n) is 5.56. The number of carbonyl (C=O) groups excluding carboxylic acids is 1. The van der Waals surface area contributed by atoms with Crippen molar-refractivity contribution in [1.82, 2.24) is 14.1 Å². The number of aryl methyl sites for hydroxylation is 1. The summed E-state index contributed by atoms with van der Waals surface area (Å²) in [7, 11) is 0. The molecule has 0 saturated heterocycles. The zero-order chi connectivity index (χ0) is 26.3. The number of oxazole rings is 1. The van der Waals surface area contributed by atoms with Gasteiger partial charge in [-0.25, -0.2) is 13.8 Å². The van der Waals surface area contributed by atoms with Crippen LogP contribution >= 0.6 is 27.5 Å². The number of halogens is 3. The van der Waals surface area contributed by atoms with Gasteiger partial charge in [0.05, 0.1) is 5.02 Å². The summed E-state index contributed by atoms with van der Waals surface area (Å²) < 4.78 is 21.9. The van der Waals surface area contributed by atoms with E-state index in [0.717, 1.165) is 16.2 Å². The van der Waals surface area contributed by atoms with Gasteiger partial charge in [0.2, 0.25) is 5.89 Å². The van der Waals surface area contributed by atoms with Crippen molar-refractivity contribution in [2.45, 2.75) is 6.92 Å². The van der Waals surface area contributed by atoms with Gasteiger partial charge in [-0.2, -0.15) is 9.55 Å². The Hall–Kier alpha value is -4.08. The van der Waals surface area contributed by atoms with Gasteiger partial charge in [0, 0.05) is 22.9 Å². The molecule has 0 N–H and O–H groups in total. The number of hydrogen-bond donors (Lipinski definition) is 0. The molecular formula is C27H16BrClFN3O4. The molecule has 0 aliphatic carbocycles. The van der Waals surface area contributed by atoms with Gasteiger partial charge < -0.3 is 4.42 Å². The molecule has 5 aromatic rings. The van der Waals surface area contributed by atoms with Crippen LogP contribution in [-0.2, 0) is 0 Å². The first-order valence-electron chi connectivity index (χ1n) is 10.9. The van der Waals surface area contributed by atoms with E-state index in [0.29, 0.717) is 10.1 Å². The standard InChI is InChI=1S/C27H16BrClFN3O4/c1-15-6-5-9-18(12-15)24-31-23(22(37-24)17-10-11-20(29)21(30)13-17)32-14-19(28)26(35)33(27(32)36)25(34)16-7-3-2-4-8-16/h2-14H,1H3. The van der Waals surface area contributed by atoms with Gasteiger partial charge in [0.15, 0.2) is 11.6 Å². The number of nitrogens with zero attached hydrogens (tertiary/aromatic N) is 3. The molecule has 0 radical (unpaired) electrons. The molecule has 0 aliphatic rings. The molecule has 37 heavy (non-hydrogen) atoms. The van der Waals surface area contributed by atoms with Gasteiger partial charge in [-0.3, -0.25) is 9.59 Å². The fourth-order valence-corrected chi connectivity index (χ4v) is 4.27. The number of aromatic nitrogens is 3. The summed E-state index contributed by atoms with van der Waals surface area (Å²) in [4.78, 5) is 44.1. The Morgan fingerprint density at radius 2 is 1.76 bits per heavy atom. The summed E-state index contributed by atoms with van der Waals surface area (Å²) in [6, 6.07) is 19.3. The number of rotatable bonds is 4. The molecule has 0 atom stereocenters. The molecule has 2 aromatic heterocycles. The number of hydrogen-bond acceptors (Lipinski definition) is 5. The van der Waals surface area contributed by atoms with Crippen LogP contribution in [0.1, 0.15) is 15.9 Å². The molecule has 7 nitrogen and oxygen atoms in total. The molecule has 0 fully saturated rings. The lowest BCUT2D eigenvalue weighted by molar-refractivity contribution is 0.0949. The van der Waals surface area contributed by atoms with Gasteiger partial charge in [0.25, 0.3) is 11.5 Å². The van der Waals surface area contributed by atoms with E-state index in [1.807, 2.05) is 25.1 Å². The molecule has 184 valence electrons. The Balaban J connectivity index is 1.78. The Morgan fingerprint density at radius 3 is 2.46 bits per heavy atom. The van der Waals surface area contributed by atoms with Crippen LogP contribution in [-0.4, -0.2) is 20.0 Å². The van der Waals surface area contributed by atoms with Crippen molar-refractivity contribution in [1.29, 1.82) is 0 Å². The lowest BCUT2D eigenvalue weighted by Gasteiger charge is -2.10. The van der Waals surface area contributed by atoms with Gasteiger partial charge in [-0.05, 0) is 65.3 Å². The monoisotopic (exact) mass is 579 g/mol. The molecule has 10 heteroatoms. The summed E-state index contributed by atoms with van der Waals surface area (Å²) in [6.45, 7) is 1.90. The van der Waals surface area contributed by atoms with Gasteiger partial charge >= 0.3 is 5.69 Å². The van der Waals surface area contributed by atoms with E-state index >= 15 is 0 Å². The summed E-state index contributed by atoms with van der Waals surface area (Å²) >= 11 is 9.01. The average Bonchev–Trinajstić information content (AvgIpc) is 3.34. The quantitative estimate of drug-likeness (QED) is 0.265. The lowest BCUT2D eigenvalue weighted by atomic mass is 10.1. The second-order valence-corrected chi connectivity index (χ2v) is 9.37. The Labute approximate surface area is 222 Å². The SMILES string of the molecule is Cc1cccc(-c2nc(-n3cc(Br)c(=O)n(C(=O)c4ccccc4)c3=O)c(-c3ccc(Cl)c(F)c3)o2)c1. The second-order valence-electron chi connectivity index (χ2n) is 8.11. The van der Waals surface area contributed by atoms with Gasteiger partial charge in [-0.15, -0.1) is 0 Å². The Bertz CT molecular complexity index is 1790. The molecule has 3 aromatic carbocycles. The van der Waals surface area contributed by atoms with Crippen molar-refractivity contribution in [3.8, 4) is 28.6 Å². The van der Waals surface area contributed by atoms with E-state index in [1.54, 1.807) is 24.3 Å². The summed E-state index contributed by atoms with van der Waals surface area (Å²) in [5.74, 6) is -1.36. The fourth-order valence-electron chi connectivity index (χ4n) is 3.77. The van der Waals surface area contributed by atoms with E-state index in [9.17, 15) is 18.8 Å². The average molecular weight is 581 g/mol. The second kappa shape index (κ2) is 9.76. The molecule has 0 saturated carbocycles. The maximum absolute atomic E-state index is 14.4. The van der Waals surface area contributed by atoms with Crippen LogP contribution in [0, 0.1) is 12.7 Å². The number of carbonyl (C=O) groups is 1. The van der Waals surface area contributed by atoms with Crippen molar-refractivity contribution in [2.75, 3.05) is 0 Å². The van der Waals surface area contributed by atoms with Crippen LogP contribution in [0.2, 0.25) is 5.02 Å². The van der Waals surface area contributed by atoms with E-state index in [1.165, 1.54) is 30.5 Å². The highest BCUT2D eigenvalue weighted by molar-refractivity contribution is 9.10. The van der Waals surface area contributed by atoms with Crippen molar-refractivity contribution >= 4 is 33.4 Å². The lowest BCUT2D eigenvalue weighted by Crippen LogP contribution is -2.43. The van der Waals surface area contributed by atoms with E-state index in [-0.39, 0.29) is 38.1 Å². The van der Waals surface area contributed by atoms with Crippen molar-refractivity contribution < 1.29 is 13.6 Å². The molecule has 2 heterocycles. The van der Waals surface area contributed by atoms with Crippen LogP contribution in [0.4, 0.5) is 4.39 Å². The van der Waals surface area contributed by atoms with Crippen molar-refractivity contribution in [3.63, 3.8) is 0 Å². The van der Waals surface area contributed by atoms with E-state index in [4.69, 9.17) is 16.0 Å². The van der Waals surface area contributed by atoms with Gasteiger partial charge in [0.1, 0.15) is 10.3 Å². The van der Waals surface area contributed by atoms with E-state index in [2.05, 4.69) is 20.9 Å². The Morgan fingerprint density at radius 1 is 1.00 bits per heavy atom. The minimum absolute atomic E-state index is 0.0402. The maximum atomic E-state index is 14.4. The zero-order valence-electron chi connectivity index (χ0n) is 19.1. The summed E-state index contributed by atoms with van der Waals surface area (Å²) in [6.07, 6.45) is 1.20. The minimum atomic E-state index is -0.971. The highest BCUT2D eigenvalue weighted by Gasteiger charge is 2.24. The minimum Gasteiger partial charge on any atom is -0.434 e.